The van der Waals surface area contributed by atoms with Gasteiger partial charge in [0.25, 0.3) is 5.91 Å². The Morgan fingerprint density at radius 1 is 1.10 bits per heavy atom. The van der Waals surface area contributed by atoms with Crippen molar-refractivity contribution in [1.29, 1.82) is 5.26 Å². The summed E-state index contributed by atoms with van der Waals surface area (Å²) in [6.07, 6.45) is 4.90. The molecule has 0 saturated heterocycles. The van der Waals surface area contributed by atoms with Gasteiger partial charge in [-0.15, -0.1) is 11.3 Å². The number of thiophene rings is 1. The molecule has 1 amide bonds. The lowest BCUT2D eigenvalue weighted by molar-refractivity contribution is -0.147. The van der Waals surface area contributed by atoms with Crippen LogP contribution < -0.4 is 5.32 Å². The summed E-state index contributed by atoms with van der Waals surface area (Å²) in [7, 11) is 0. The zero-order valence-electron chi connectivity index (χ0n) is 16.3. The lowest BCUT2D eigenvalue weighted by atomic mass is 10.1. The van der Waals surface area contributed by atoms with Gasteiger partial charge in [-0.3, -0.25) is 14.4 Å². The average molecular weight is 445 g/mol. The van der Waals surface area contributed by atoms with Crippen molar-refractivity contribution in [2.45, 2.75) is 44.9 Å². The van der Waals surface area contributed by atoms with Gasteiger partial charge in [-0.25, -0.2) is 0 Å². The topological polar surface area (TPSA) is 96.3 Å². The minimum Gasteiger partial charge on any atom is -0.456 e. The molecule has 1 aromatic carbocycles. The number of nitriles is 1. The number of aryl methyl sites for hydroxylation is 1. The van der Waals surface area contributed by atoms with Gasteiger partial charge in [0.05, 0.1) is 12.0 Å². The SMILES string of the molecule is N#Cc1c(NC(=O)COC(=O)CCC(=O)c2ccc(Cl)cc2)sc2c1CCCCC2. The fourth-order valence-corrected chi connectivity index (χ4v) is 4.71. The van der Waals surface area contributed by atoms with E-state index in [4.69, 9.17) is 16.3 Å². The number of Topliss-reactive ketones (excluding diaryl/α,β-unsaturated/α-hetero) is 1. The highest BCUT2D eigenvalue weighted by Gasteiger charge is 2.21. The number of amides is 1. The van der Waals surface area contributed by atoms with Gasteiger partial charge in [-0.05, 0) is 55.5 Å². The lowest BCUT2D eigenvalue weighted by Crippen LogP contribution is -2.21. The Kier molecular flexibility index (Phi) is 7.61. The van der Waals surface area contributed by atoms with E-state index in [-0.39, 0.29) is 18.6 Å². The molecule has 0 atom stereocenters. The number of ether oxygens (including phenoxy) is 1. The highest BCUT2D eigenvalue weighted by molar-refractivity contribution is 7.16. The van der Waals surface area contributed by atoms with E-state index in [1.54, 1.807) is 24.3 Å². The number of carbonyl (C=O) groups excluding carboxylic acids is 3. The smallest absolute Gasteiger partial charge is 0.306 e. The molecular formula is C22H21ClN2O4S. The maximum Gasteiger partial charge on any atom is 0.306 e. The summed E-state index contributed by atoms with van der Waals surface area (Å²) in [4.78, 5) is 37.3. The van der Waals surface area contributed by atoms with Crippen molar-refractivity contribution in [1.82, 2.24) is 0 Å². The third kappa shape index (κ3) is 5.68. The second-order valence-corrected chi connectivity index (χ2v) is 8.56. The third-order valence-electron chi connectivity index (χ3n) is 4.87. The lowest BCUT2D eigenvalue weighted by Gasteiger charge is -2.06. The van der Waals surface area contributed by atoms with Crippen LogP contribution in [-0.2, 0) is 27.2 Å². The number of hydrogen-bond donors (Lipinski definition) is 1. The first-order valence-electron chi connectivity index (χ1n) is 9.77. The molecule has 1 aliphatic rings. The van der Waals surface area contributed by atoms with Crippen molar-refractivity contribution in [3.63, 3.8) is 0 Å². The van der Waals surface area contributed by atoms with E-state index in [1.807, 2.05) is 0 Å². The largest absolute Gasteiger partial charge is 0.456 e. The Morgan fingerprint density at radius 2 is 1.83 bits per heavy atom. The van der Waals surface area contributed by atoms with Crippen LogP contribution in [0.25, 0.3) is 0 Å². The molecule has 0 fully saturated rings. The molecule has 0 radical (unpaired) electrons. The van der Waals surface area contributed by atoms with E-state index >= 15 is 0 Å². The standard InChI is InChI=1S/C22H21ClN2O4S/c23-15-8-6-14(7-9-15)18(26)10-11-21(28)29-13-20(27)25-22-17(12-24)16-4-2-1-3-5-19(16)30-22/h6-9H,1-5,10-11,13H2,(H,25,27). The summed E-state index contributed by atoms with van der Waals surface area (Å²) in [6.45, 7) is -0.457. The van der Waals surface area contributed by atoms with Crippen molar-refractivity contribution in [3.8, 4) is 6.07 Å². The van der Waals surface area contributed by atoms with Gasteiger partial charge in [0.15, 0.2) is 12.4 Å². The van der Waals surface area contributed by atoms with Gasteiger partial charge in [-0.1, -0.05) is 18.0 Å². The van der Waals surface area contributed by atoms with E-state index in [9.17, 15) is 19.6 Å². The Bertz CT molecular complexity index is 992. The maximum absolute atomic E-state index is 12.2. The summed E-state index contributed by atoms with van der Waals surface area (Å²) < 4.78 is 4.97. The van der Waals surface area contributed by atoms with Crippen LogP contribution in [0.1, 0.15) is 58.5 Å². The first kappa shape index (κ1) is 22.0. The van der Waals surface area contributed by atoms with Crippen molar-refractivity contribution in [2.75, 3.05) is 11.9 Å². The Labute approximate surface area is 183 Å². The van der Waals surface area contributed by atoms with Crippen LogP contribution in [0.2, 0.25) is 5.02 Å². The quantitative estimate of drug-likeness (QED) is 0.379. The normalized spacial score (nSPS) is 12.9. The molecule has 0 aliphatic heterocycles. The monoisotopic (exact) mass is 444 g/mol. The molecule has 0 unspecified atom stereocenters. The number of benzene rings is 1. The Morgan fingerprint density at radius 3 is 2.57 bits per heavy atom. The molecule has 8 heteroatoms. The summed E-state index contributed by atoms with van der Waals surface area (Å²) in [5.74, 6) is -1.33. The Hall–Kier alpha value is -2.69. The summed E-state index contributed by atoms with van der Waals surface area (Å²) >= 11 is 7.21. The predicted molar refractivity (Wildman–Crippen MR) is 115 cm³/mol. The molecular weight excluding hydrogens is 424 g/mol. The number of carbonyl (C=O) groups is 3. The molecule has 0 saturated carbocycles. The van der Waals surface area contributed by atoms with Crippen molar-refractivity contribution < 1.29 is 19.1 Å². The second-order valence-electron chi connectivity index (χ2n) is 7.02. The van der Waals surface area contributed by atoms with E-state index < -0.39 is 18.5 Å². The summed E-state index contributed by atoms with van der Waals surface area (Å²) in [5, 5.41) is 13.2. The third-order valence-corrected chi connectivity index (χ3v) is 6.33. The minimum absolute atomic E-state index is 0.0156. The van der Waals surface area contributed by atoms with Crippen LogP contribution in [0.5, 0.6) is 0 Å². The fraction of sp³-hybridized carbons (Fsp3) is 0.364. The van der Waals surface area contributed by atoms with Crippen molar-refractivity contribution in [3.05, 3.63) is 50.9 Å². The van der Waals surface area contributed by atoms with Crippen LogP contribution >= 0.6 is 22.9 Å². The number of nitrogens with zero attached hydrogens (tertiary/aromatic N) is 1. The van der Waals surface area contributed by atoms with E-state index in [0.717, 1.165) is 42.5 Å². The summed E-state index contributed by atoms with van der Waals surface area (Å²) in [6, 6.07) is 8.60. The molecule has 2 aromatic rings. The minimum atomic E-state index is -0.630. The highest BCUT2D eigenvalue weighted by atomic mass is 35.5. The van der Waals surface area contributed by atoms with E-state index in [1.165, 1.54) is 11.3 Å². The van der Waals surface area contributed by atoms with Crippen LogP contribution in [0.4, 0.5) is 5.00 Å². The maximum atomic E-state index is 12.2. The van der Waals surface area contributed by atoms with Gasteiger partial charge in [0.2, 0.25) is 0 Å². The van der Waals surface area contributed by atoms with Gasteiger partial charge < -0.3 is 10.1 Å². The van der Waals surface area contributed by atoms with Crippen LogP contribution in [0.15, 0.2) is 24.3 Å². The summed E-state index contributed by atoms with van der Waals surface area (Å²) in [5.41, 5.74) is 2.02. The molecule has 30 heavy (non-hydrogen) atoms. The number of nitrogens with one attached hydrogen (secondary N) is 1. The van der Waals surface area contributed by atoms with Crippen molar-refractivity contribution >= 4 is 45.6 Å². The molecule has 156 valence electrons. The predicted octanol–water partition coefficient (Wildman–Crippen LogP) is 4.69. The second kappa shape index (κ2) is 10.4. The van der Waals surface area contributed by atoms with E-state index in [2.05, 4.69) is 11.4 Å². The molecule has 1 aliphatic carbocycles. The van der Waals surface area contributed by atoms with Gasteiger partial charge in [0, 0.05) is 21.9 Å². The first-order valence-corrected chi connectivity index (χ1v) is 11.0. The first-order chi connectivity index (χ1) is 14.5. The number of hydrogen-bond acceptors (Lipinski definition) is 6. The number of ketones is 1. The number of halogens is 1. The van der Waals surface area contributed by atoms with Crippen molar-refractivity contribution in [2.24, 2.45) is 0 Å². The van der Waals surface area contributed by atoms with Gasteiger partial charge in [0.1, 0.15) is 11.1 Å². The van der Waals surface area contributed by atoms with Crippen LogP contribution in [0, 0.1) is 11.3 Å². The van der Waals surface area contributed by atoms with E-state index in [0.29, 0.717) is 21.2 Å². The average Bonchev–Trinajstić information content (AvgIpc) is 2.89. The number of esters is 1. The van der Waals surface area contributed by atoms with Gasteiger partial charge >= 0.3 is 5.97 Å². The molecule has 0 spiro atoms. The molecule has 1 aromatic heterocycles. The number of rotatable bonds is 7. The van der Waals surface area contributed by atoms with Crippen LogP contribution in [-0.4, -0.2) is 24.3 Å². The van der Waals surface area contributed by atoms with Gasteiger partial charge in [-0.2, -0.15) is 5.26 Å². The van der Waals surface area contributed by atoms with Crippen LogP contribution in [0.3, 0.4) is 0 Å². The fourth-order valence-electron chi connectivity index (χ4n) is 3.33. The highest BCUT2D eigenvalue weighted by Crippen LogP contribution is 2.36. The molecule has 1 heterocycles. The molecule has 1 N–H and O–H groups in total. The zero-order valence-corrected chi connectivity index (χ0v) is 17.9. The number of anilines is 1. The molecule has 3 rings (SSSR count). The Balaban J connectivity index is 1.48. The molecule has 6 nitrogen and oxygen atoms in total. The number of fused-ring (bicyclic) bond motifs is 1. The zero-order chi connectivity index (χ0) is 21.5. The molecule has 0 bridgehead atoms.